The zero-order chi connectivity index (χ0) is 11.5. The average molecular weight is 251 g/mol. The van der Waals surface area contributed by atoms with Crippen LogP contribution in [0, 0.1) is 0 Å². The molecule has 0 radical (unpaired) electrons. The molecule has 0 fully saturated rings. The van der Waals surface area contributed by atoms with E-state index < -0.39 is 0 Å². The van der Waals surface area contributed by atoms with Crippen LogP contribution in [0.3, 0.4) is 0 Å². The van der Waals surface area contributed by atoms with Gasteiger partial charge in [0.05, 0.1) is 0 Å². The lowest BCUT2D eigenvalue weighted by Gasteiger charge is -2.08. The van der Waals surface area contributed by atoms with E-state index in [1.54, 1.807) is 0 Å². The van der Waals surface area contributed by atoms with E-state index in [4.69, 9.17) is 5.73 Å². The number of rotatable bonds is 3. The van der Waals surface area contributed by atoms with Gasteiger partial charge >= 0.3 is 0 Å². The van der Waals surface area contributed by atoms with Gasteiger partial charge in [0.2, 0.25) is 5.13 Å². The number of hydrogen-bond donors (Lipinski definition) is 1. The first-order valence-electron chi connectivity index (χ1n) is 5.02. The molecule has 0 bridgehead atoms. The number of anilines is 1. The van der Waals surface area contributed by atoms with Crippen LogP contribution in [-0.4, -0.2) is 15.4 Å². The van der Waals surface area contributed by atoms with Crippen LogP contribution in [0.2, 0.25) is 0 Å². The number of nitrogens with two attached hydrogens (primary N) is 1. The molecule has 0 aliphatic rings. The van der Waals surface area contributed by atoms with Crippen LogP contribution in [0.15, 0.2) is 29.2 Å². The van der Waals surface area contributed by atoms with E-state index in [-0.39, 0.29) is 0 Å². The molecular formula is C11H13N3S2. The van der Waals surface area contributed by atoms with Crippen LogP contribution in [0.4, 0.5) is 5.13 Å². The summed E-state index contributed by atoms with van der Waals surface area (Å²) in [6.07, 6.45) is 0. The first-order chi connectivity index (χ1) is 7.66. The summed E-state index contributed by atoms with van der Waals surface area (Å²) < 4.78 is 0. The summed E-state index contributed by atoms with van der Waals surface area (Å²) >= 11 is 3.25. The molecule has 0 saturated carbocycles. The molecular weight excluding hydrogens is 238 g/mol. The minimum Gasteiger partial charge on any atom is -0.374 e. The monoisotopic (exact) mass is 251 g/mol. The van der Waals surface area contributed by atoms with Gasteiger partial charge in [-0.1, -0.05) is 43.4 Å². The van der Waals surface area contributed by atoms with E-state index in [9.17, 15) is 0 Å². The van der Waals surface area contributed by atoms with Crippen LogP contribution in [-0.2, 0) is 0 Å². The topological polar surface area (TPSA) is 51.8 Å². The highest BCUT2D eigenvalue weighted by atomic mass is 32.2. The number of nitrogens with zero attached hydrogens (tertiary/aromatic N) is 2. The maximum absolute atomic E-state index is 5.61. The van der Waals surface area contributed by atoms with E-state index in [1.165, 1.54) is 16.2 Å². The zero-order valence-corrected chi connectivity index (χ0v) is 10.8. The molecule has 0 atom stereocenters. The molecule has 1 heterocycles. The van der Waals surface area contributed by atoms with Crippen molar-refractivity contribution in [2.45, 2.75) is 24.0 Å². The van der Waals surface area contributed by atoms with Gasteiger partial charge in [0.15, 0.2) is 5.01 Å². The summed E-state index contributed by atoms with van der Waals surface area (Å²) in [6.45, 7) is 4.35. The third-order valence-electron chi connectivity index (χ3n) is 1.92. The highest BCUT2D eigenvalue weighted by Gasteiger charge is 2.10. The van der Waals surface area contributed by atoms with Crippen molar-refractivity contribution >= 4 is 28.2 Å². The van der Waals surface area contributed by atoms with Crippen LogP contribution in [0.1, 0.15) is 13.8 Å². The van der Waals surface area contributed by atoms with Crippen molar-refractivity contribution in [1.29, 1.82) is 0 Å². The average Bonchev–Trinajstić information content (AvgIpc) is 2.65. The van der Waals surface area contributed by atoms with E-state index in [0.29, 0.717) is 10.4 Å². The molecule has 2 N–H and O–H groups in total. The summed E-state index contributed by atoms with van der Waals surface area (Å²) in [5.41, 5.74) is 6.73. The molecule has 3 nitrogen and oxygen atoms in total. The van der Waals surface area contributed by atoms with Crippen molar-refractivity contribution in [3.8, 4) is 10.6 Å². The Bertz CT molecular complexity index is 480. The zero-order valence-electron chi connectivity index (χ0n) is 9.18. The smallest absolute Gasteiger partial charge is 0.203 e. The summed E-state index contributed by atoms with van der Waals surface area (Å²) in [4.78, 5) is 1.23. The van der Waals surface area contributed by atoms with Crippen LogP contribution >= 0.6 is 23.1 Å². The predicted molar refractivity (Wildman–Crippen MR) is 70.8 cm³/mol. The van der Waals surface area contributed by atoms with Crippen LogP contribution in [0.5, 0.6) is 0 Å². The second-order valence-corrected chi connectivity index (χ2v) is 6.24. The quantitative estimate of drug-likeness (QED) is 0.850. The Balaban J connectivity index is 2.40. The van der Waals surface area contributed by atoms with Gasteiger partial charge in [-0.25, -0.2) is 0 Å². The largest absolute Gasteiger partial charge is 0.374 e. The Morgan fingerprint density at radius 2 is 2.00 bits per heavy atom. The highest BCUT2D eigenvalue weighted by Crippen LogP contribution is 2.35. The number of aromatic nitrogens is 2. The van der Waals surface area contributed by atoms with Gasteiger partial charge in [0.1, 0.15) is 0 Å². The van der Waals surface area contributed by atoms with Gasteiger partial charge in [-0.3, -0.25) is 0 Å². The van der Waals surface area contributed by atoms with Gasteiger partial charge in [-0.05, 0) is 6.07 Å². The molecule has 0 aliphatic heterocycles. The van der Waals surface area contributed by atoms with Crippen LogP contribution in [0.25, 0.3) is 10.6 Å². The fourth-order valence-electron chi connectivity index (χ4n) is 1.34. The molecule has 0 amide bonds. The number of benzene rings is 1. The fourth-order valence-corrected chi connectivity index (χ4v) is 3.01. The Morgan fingerprint density at radius 3 is 2.62 bits per heavy atom. The Labute approximate surface area is 103 Å². The Kier molecular flexibility index (Phi) is 3.46. The van der Waals surface area contributed by atoms with Gasteiger partial charge in [-0.15, -0.1) is 22.0 Å². The molecule has 0 unspecified atom stereocenters. The molecule has 16 heavy (non-hydrogen) atoms. The van der Waals surface area contributed by atoms with Gasteiger partial charge in [0, 0.05) is 15.7 Å². The highest BCUT2D eigenvalue weighted by molar-refractivity contribution is 8.00. The molecule has 0 spiro atoms. The summed E-state index contributed by atoms with van der Waals surface area (Å²) in [5, 5.41) is 9.89. The third-order valence-corrected chi connectivity index (χ3v) is 3.79. The van der Waals surface area contributed by atoms with Crippen molar-refractivity contribution < 1.29 is 0 Å². The van der Waals surface area contributed by atoms with Gasteiger partial charge < -0.3 is 5.73 Å². The molecule has 2 aromatic rings. The number of hydrogen-bond acceptors (Lipinski definition) is 5. The third kappa shape index (κ3) is 2.54. The minimum atomic E-state index is 0.513. The standard InChI is InChI=1S/C11H13N3S2/c1-7(2)15-9-6-4-3-5-8(9)10-13-14-11(12)16-10/h3-7H,1-2H3,(H2,12,14). The van der Waals surface area contributed by atoms with E-state index in [1.807, 2.05) is 23.9 Å². The molecule has 0 saturated heterocycles. The van der Waals surface area contributed by atoms with Crippen molar-refractivity contribution in [3.63, 3.8) is 0 Å². The van der Waals surface area contributed by atoms with Crippen molar-refractivity contribution in [1.82, 2.24) is 10.2 Å². The lowest BCUT2D eigenvalue weighted by molar-refractivity contribution is 1.09. The summed E-state index contributed by atoms with van der Waals surface area (Å²) in [7, 11) is 0. The summed E-state index contributed by atoms with van der Waals surface area (Å²) in [6, 6.07) is 8.22. The maximum atomic E-state index is 5.61. The molecule has 5 heteroatoms. The first-order valence-corrected chi connectivity index (χ1v) is 6.71. The van der Waals surface area contributed by atoms with E-state index in [0.717, 1.165) is 10.6 Å². The molecule has 1 aromatic carbocycles. The second kappa shape index (κ2) is 4.84. The molecule has 2 rings (SSSR count). The number of thioether (sulfide) groups is 1. The Morgan fingerprint density at radius 1 is 1.25 bits per heavy atom. The SMILES string of the molecule is CC(C)Sc1ccccc1-c1nnc(N)s1. The van der Waals surface area contributed by atoms with E-state index in [2.05, 4.69) is 36.2 Å². The Hall–Kier alpha value is -1.07. The first kappa shape index (κ1) is 11.4. The van der Waals surface area contributed by atoms with Crippen molar-refractivity contribution in [2.24, 2.45) is 0 Å². The number of nitrogen functional groups attached to an aromatic ring is 1. The van der Waals surface area contributed by atoms with Crippen molar-refractivity contribution in [3.05, 3.63) is 24.3 Å². The molecule has 84 valence electrons. The second-order valence-electron chi connectivity index (χ2n) is 3.61. The lowest BCUT2D eigenvalue weighted by Crippen LogP contribution is -1.88. The van der Waals surface area contributed by atoms with E-state index >= 15 is 0 Å². The molecule has 0 aliphatic carbocycles. The molecule has 1 aromatic heterocycles. The fraction of sp³-hybridized carbons (Fsp3) is 0.273. The maximum Gasteiger partial charge on any atom is 0.203 e. The van der Waals surface area contributed by atoms with Gasteiger partial charge in [-0.2, -0.15) is 0 Å². The minimum absolute atomic E-state index is 0.513. The summed E-state index contributed by atoms with van der Waals surface area (Å²) in [5.74, 6) is 0. The van der Waals surface area contributed by atoms with Crippen molar-refractivity contribution in [2.75, 3.05) is 5.73 Å². The van der Waals surface area contributed by atoms with Gasteiger partial charge in [0.25, 0.3) is 0 Å². The van der Waals surface area contributed by atoms with Crippen LogP contribution < -0.4 is 5.73 Å². The normalized spacial score (nSPS) is 10.9. The lowest BCUT2D eigenvalue weighted by atomic mass is 10.2. The predicted octanol–water partition coefficient (Wildman–Crippen LogP) is 3.29.